The Morgan fingerprint density at radius 2 is 2.27 bits per heavy atom. The fourth-order valence-electron chi connectivity index (χ4n) is 2.85. The summed E-state index contributed by atoms with van der Waals surface area (Å²) in [5, 5.41) is 7.17. The van der Waals surface area contributed by atoms with Gasteiger partial charge in [-0.2, -0.15) is 5.10 Å². The zero-order chi connectivity index (χ0) is 15.2. The van der Waals surface area contributed by atoms with Crippen molar-refractivity contribution in [2.45, 2.75) is 32.0 Å². The summed E-state index contributed by atoms with van der Waals surface area (Å²) in [7, 11) is 0. The Labute approximate surface area is 130 Å². The van der Waals surface area contributed by atoms with Crippen LogP contribution in [-0.4, -0.2) is 44.7 Å². The molecule has 116 valence electrons. The summed E-state index contributed by atoms with van der Waals surface area (Å²) in [6.45, 7) is 3.06. The van der Waals surface area contributed by atoms with Crippen LogP contribution in [0.2, 0.25) is 0 Å². The standard InChI is InChI=1S/C16H21N5O/c22-16(13-21-10-4-8-18-21)19-15-6-3-9-20(12-15)11-14-5-1-2-7-17-14/h1-2,4-5,7-8,10,15H,3,6,9,11-13H2,(H,19,22)/t15-/m0/s1. The maximum absolute atomic E-state index is 12.0. The highest BCUT2D eigenvalue weighted by Crippen LogP contribution is 2.12. The van der Waals surface area contributed by atoms with Crippen molar-refractivity contribution in [3.63, 3.8) is 0 Å². The molecule has 0 spiro atoms. The summed E-state index contributed by atoms with van der Waals surface area (Å²) in [5.41, 5.74) is 1.08. The maximum atomic E-state index is 12.0. The predicted octanol–water partition coefficient (Wildman–Crippen LogP) is 1.06. The number of rotatable bonds is 5. The first-order valence-corrected chi connectivity index (χ1v) is 7.68. The second-order valence-corrected chi connectivity index (χ2v) is 5.67. The van der Waals surface area contributed by atoms with Crippen LogP contribution in [0.5, 0.6) is 0 Å². The van der Waals surface area contributed by atoms with Crippen LogP contribution in [0.15, 0.2) is 42.9 Å². The summed E-state index contributed by atoms with van der Waals surface area (Å²) >= 11 is 0. The molecule has 1 fully saturated rings. The van der Waals surface area contributed by atoms with Gasteiger partial charge in [0.05, 0.1) is 5.69 Å². The van der Waals surface area contributed by atoms with Crippen LogP contribution in [0.4, 0.5) is 0 Å². The molecule has 1 amide bonds. The lowest BCUT2D eigenvalue weighted by Crippen LogP contribution is -2.48. The molecule has 6 nitrogen and oxygen atoms in total. The van der Waals surface area contributed by atoms with Crippen LogP contribution in [0.3, 0.4) is 0 Å². The molecule has 6 heteroatoms. The van der Waals surface area contributed by atoms with Gasteiger partial charge in [0, 0.05) is 37.7 Å². The molecule has 0 bridgehead atoms. The monoisotopic (exact) mass is 299 g/mol. The average Bonchev–Trinajstić information content (AvgIpc) is 3.01. The normalized spacial score (nSPS) is 19.0. The van der Waals surface area contributed by atoms with Gasteiger partial charge >= 0.3 is 0 Å². The van der Waals surface area contributed by atoms with E-state index in [4.69, 9.17) is 0 Å². The molecule has 1 aliphatic heterocycles. The highest BCUT2D eigenvalue weighted by molar-refractivity contribution is 5.75. The van der Waals surface area contributed by atoms with Gasteiger partial charge in [0.15, 0.2) is 0 Å². The minimum atomic E-state index is 0.0217. The number of amides is 1. The molecular weight excluding hydrogens is 278 g/mol. The third kappa shape index (κ3) is 4.14. The molecule has 3 rings (SSSR count). The summed E-state index contributed by atoms with van der Waals surface area (Å²) in [5.74, 6) is 0.0217. The van der Waals surface area contributed by atoms with Gasteiger partial charge in [-0.3, -0.25) is 19.4 Å². The van der Waals surface area contributed by atoms with Crippen LogP contribution in [-0.2, 0) is 17.9 Å². The van der Waals surface area contributed by atoms with E-state index >= 15 is 0 Å². The largest absolute Gasteiger partial charge is 0.350 e. The molecule has 1 saturated heterocycles. The molecule has 0 aromatic carbocycles. The van der Waals surface area contributed by atoms with E-state index in [1.165, 1.54) is 0 Å². The average molecular weight is 299 g/mol. The van der Waals surface area contributed by atoms with Gasteiger partial charge in [-0.25, -0.2) is 0 Å². The maximum Gasteiger partial charge on any atom is 0.241 e. The van der Waals surface area contributed by atoms with Crippen molar-refractivity contribution in [1.29, 1.82) is 0 Å². The van der Waals surface area contributed by atoms with Crippen molar-refractivity contribution >= 4 is 5.91 Å². The molecule has 1 N–H and O–H groups in total. The fraction of sp³-hybridized carbons (Fsp3) is 0.438. The molecule has 0 saturated carbocycles. The minimum Gasteiger partial charge on any atom is -0.350 e. The lowest BCUT2D eigenvalue weighted by atomic mass is 10.1. The van der Waals surface area contributed by atoms with Crippen LogP contribution in [0.1, 0.15) is 18.5 Å². The Balaban J connectivity index is 1.49. The van der Waals surface area contributed by atoms with Crippen molar-refractivity contribution in [3.05, 3.63) is 48.5 Å². The van der Waals surface area contributed by atoms with Crippen molar-refractivity contribution < 1.29 is 4.79 Å². The highest BCUT2D eigenvalue weighted by atomic mass is 16.2. The summed E-state index contributed by atoms with van der Waals surface area (Å²) in [6, 6.07) is 8.01. The first kappa shape index (κ1) is 14.7. The fourth-order valence-corrected chi connectivity index (χ4v) is 2.85. The van der Waals surface area contributed by atoms with Crippen LogP contribution < -0.4 is 5.32 Å². The Bertz CT molecular complexity index is 584. The molecule has 0 aliphatic carbocycles. The topological polar surface area (TPSA) is 63.1 Å². The van der Waals surface area contributed by atoms with Crippen molar-refractivity contribution in [2.75, 3.05) is 13.1 Å². The number of carbonyl (C=O) groups excluding carboxylic acids is 1. The number of nitrogens with one attached hydrogen (secondary N) is 1. The van der Waals surface area contributed by atoms with Gasteiger partial charge in [0.2, 0.25) is 5.91 Å². The van der Waals surface area contributed by atoms with E-state index < -0.39 is 0 Å². The molecule has 22 heavy (non-hydrogen) atoms. The number of nitrogens with zero attached hydrogens (tertiary/aromatic N) is 4. The lowest BCUT2D eigenvalue weighted by Gasteiger charge is -2.32. The van der Waals surface area contributed by atoms with E-state index in [2.05, 4.69) is 20.3 Å². The number of carbonyl (C=O) groups is 1. The zero-order valence-electron chi connectivity index (χ0n) is 12.6. The molecule has 2 aromatic rings. The van der Waals surface area contributed by atoms with E-state index in [0.29, 0.717) is 0 Å². The van der Waals surface area contributed by atoms with Crippen molar-refractivity contribution in [3.8, 4) is 0 Å². The molecule has 0 unspecified atom stereocenters. The highest BCUT2D eigenvalue weighted by Gasteiger charge is 2.21. The van der Waals surface area contributed by atoms with E-state index in [-0.39, 0.29) is 18.5 Å². The predicted molar refractivity (Wildman–Crippen MR) is 82.9 cm³/mol. The Morgan fingerprint density at radius 1 is 1.32 bits per heavy atom. The first-order valence-electron chi connectivity index (χ1n) is 7.68. The van der Waals surface area contributed by atoms with Gasteiger partial charge < -0.3 is 5.32 Å². The molecule has 1 atom stereocenters. The SMILES string of the molecule is O=C(Cn1cccn1)N[C@H]1CCCN(Cc2ccccn2)C1. The van der Waals surface area contributed by atoms with Crippen molar-refractivity contribution in [2.24, 2.45) is 0 Å². The first-order chi connectivity index (χ1) is 10.8. The third-order valence-corrected chi connectivity index (χ3v) is 3.85. The third-order valence-electron chi connectivity index (χ3n) is 3.85. The molecule has 2 aromatic heterocycles. The van der Waals surface area contributed by atoms with E-state index in [9.17, 15) is 4.79 Å². The summed E-state index contributed by atoms with van der Waals surface area (Å²) in [6.07, 6.45) is 7.43. The van der Waals surface area contributed by atoms with Crippen molar-refractivity contribution in [1.82, 2.24) is 25.0 Å². The molecule has 0 radical (unpaired) electrons. The Morgan fingerprint density at radius 3 is 3.05 bits per heavy atom. The summed E-state index contributed by atoms with van der Waals surface area (Å²) in [4.78, 5) is 18.8. The number of hydrogen-bond acceptors (Lipinski definition) is 4. The Kier molecular flexibility index (Phi) is 4.80. The molecular formula is C16H21N5O. The Hall–Kier alpha value is -2.21. The van der Waals surface area contributed by atoms with Gasteiger partial charge in [0.1, 0.15) is 6.54 Å². The van der Waals surface area contributed by atoms with Gasteiger partial charge in [-0.05, 0) is 37.6 Å². The summed E-state index contributed by atoms with van der Waals surface area (Å²) < 4.78 is 1.64. The number of piperidine rings is 1. The van der Waals surface area contributed by atoms with Gasteiger partial charge in [0.25, 0.3) is 0 Å². The van der Waals surface area contributed by atoms with Crippen LogP contribution >= 0.6 is 0 Å². The number of likely N-dealkylation sites (tertiary alicyclic amines) is 1. The minimum absolute atomic E-state index is 0.0217. The molecule has 1 aliphatic rings. The van der Waals surface area contributed by atoms with Gasteiger partial charge in [-0.1, -0.05) is 6.07 Å². The lowest BCUT2D eigenvalue weighted by molar-refractivity contribution is -0.122. The van der Waals surface area contributed by atoms with Gasteiger partial charge in [-0.15, -0.1) is 0 Å². The second-order valence-electron chi connectivity index (χ2n) is 5.67. The van der Waals surface area contributed by atoms with E-state index in [0.717, 1.165) is 38.2 Å². The zero-order valence-corrected chi connectivity index (χ0v) is 12.6. The van der Waals surface area contributed by atoms with Crippen LogP contribution in [0, 0.1) is 0 Å². The number of pyridine rings is 1. The quantitative estimate of drug-likeness (QED) is 0.896. The number of hydrogen-bond donors (Lipinski definition) is 1. The van der Waals surface area contributed by atoms with Crippen LogP contribution in [0.25, 0.3) is 0 Å². The second kappa shape index (κ2) is 7.17. The smallest absolute Gasteiger partial charge is 0.241 e. The molecule has 3 heterocycles. The van der Waals surface area contributed by atoms with E-state index in [1.54, 1.807) is 17.1 Å². The number of aromatic nitrogens is 3. The van der Waals surface area contributed by atoms with E-state index in [1.807, 2.05) is 30.5 Å².